The molecule has 1 rings (SSSR count). The summed E-state index contributed by atoms with van der Waals surface area (Å²) in [5.41, 5.74) is 4.20. The van der Waals surface area contributed by atoms with Gasteiger partial charge in [-0.2, -0.15) is 0 Å². The predicted molar refractivity (Wildman–Crippen MR) is 51.1 cm³/mol. The molecule has 0 saturated heterocycles. The van der Waals surface area contributed by atoms with Crippen LogP contribution >= 0.6 is 0 Å². The molecule has 0 aliphatic carbocycles. The van der Waals surface area contributed by atoms with Gasteiger partial charge in [0.2, 0.25) is 5.91 Å². The quantitative estimate of drug-likeness (QED) is 0.467. The van der Waals surface area contributed by atoms with Crippen molar-refractivity contribution in [1.29, 1.82) is 0 Å². The van der Waals surface area contributed by atoms with E-state index >= 15 is 0 Å². The van der Waals surface area contributed by atoms with Gasteiger partial charge < -0.3 is 18.8 Å². The second kappa shape index (κ2) is 7.86. The molecule has 0 atom stereocenters. The van der Waals surface area contributed by atoms with Crippen LogP contribution < -0.4 is 64.8 Å². The molecule has 1 aromatic rings. The Hall–Kier alpha value is -0.370. The van der Waals surface area contributed by atoms with Crippen LogP contribution in [0.25, 0.3) is 0 Å². The number of primary amides is 1. The number of hydrogen-bond donors (Lipinski definition) is 3. The van der Waals surface area contributed by atoms with Crippen molar-refractivity contribution in [2.45, 2.75) is 0 Å². The number of aromatic carboxylic acids is 2. The Morgan fingerprint density at radius 2 is 1.18 bits per heavy atom. The van der Waals surface area contributed by atoms with E-state index in [2.05, 4.69) is 0 Å². The maximum Gasteiger partial charge on any atom is 1.00 e. The van der Waals surface area contributed by atoms with Gasteiger partial charge in [-0.3, -0.25) is 4.79 Å². The van der Waals surface area contributed by atoms with Crippen LogP contribution in [0.4, 0.5) is 0 Å². The van der Waals surface area contributed by atoms with E-state index in [1.54, 1.807) is 0 Å². The largest absolute Gasteiger partial charge is 1.00 e. The first-order chi connectivity index (χ1) is 6.91. The molecule has 0 saturated carbocycles. The van der Waals surface area contributed by atoms with E-state index in [0.29, 0.717) is 0 Å². The smallest absolute Gasteiger partial charge is 1.00 e. The Bertz CT molecular complexity index is 391. The van der Waals surface area contributed by atoms with Gasteiger partial charge >= 0.3 is 71.1 Å². The van der Waals surface area contributed by atoms with Crippen LogP contribution in [-0.2, 0) is 0 Å². The monoisotopic (exact) mass is 257 g/mol. The zero-order valence-corrected chi connectivity index (χ0v) is 13.4. The molecule has 0 heterocycles. The van der Waals surface area contributed by atoms with Crippen molar-refractivity contribution in [2.75, 3.05) is 0 Å². The molecule has 0 radical (unpaired) electrons. The molecule has 0 unspecified atom stereocenters. The molecule has 1 aromatic carbocycles. The van der Waals surface area contributed by atoms with Gasteiger partial charge in [0.15, 0.2) is 0 Å². The average Bonchev–Trinajstić information content (AvgIpc) is 2.16. The van der Waals surface area contributed by atoms with Crippen molar-refractivity contribution in [3.05, 3.63) is 34.9 Å². The Labute approximate surface area is 144 Å². The number of carboxylic acids is 2. The van der Waals surface area contributed by atoms with E-state index in [1.807, 2.05) is 0 Å². The fraction of sp³-hybridized carbons (Fsp3) is 0. The van der Waals surface area contributed by atoms with E-state index in [4.69, 9.17) is 15.9 Å². The molecule has 4 N–H and O–H groups in total. The number of benzene rings is 1. The Morgan fingerprint density at radius 3 is 1.41 bits per heavy atom. The van der Waals surface area contributed by atoms with Gasteiger partial charge in [-0.1, -0.05) is 0 Å². The van der Waals surface area contributed by atoms with Crippen LogP contribution in [0.1, 0.15) is 33.9 Å². The number of carbonyl (C=O) groups is 3. The number of hydrogen-bond acceptors (Lipinski definition) is 3. The number of carboxylic acid groups (broad SMARTS) is 2. The van der Waals surface area contributed by atoms with Crippen LogP contribution in [0.3, 0.4) is 0 Å². The van der Waals surface area contributed by atoms with Crippen LogP contribution in [0.2, 0.25) is 0 Å². The Balaban J connectivity index is -0.000000281. The molecular formula is C9H9NNa2O5. The van der Waals surface area contributed by atoms with Crippen LogP contribution in [0.5, 0.6) is 0 Å². The molecule has 8 heteroatoms. The third-order valence-corrected chi connectivity index (χ3v) is 1.71. The van der Waals surface area contributed by atoms with E-state index in [0.717, 1.165) is 18.2 Å². The van der Waals surface area contributed by atoms with Crippen molar-refractivity contribution in [3.8, 4) is 0 Å². The Morgan fingerprint density at radius 1 is 0.882 bits per heavy atom. The van der Waals surface area contributed by atoms with Gasteiger partial charge in [-0.05, 0) is 18.2 Å². The van der Waals surface area contributed by atoms with Gasteiger partial charge in [0.25, 0.3) is 0 Å². The zero-order chi connectivity index (χ0) is 11.6. The second-order valence-corrected chi connectivity index (χ2v) is 2.77. The summed E-state index contributed by atoms with van der Waals surface area (Å²) in [6.07, 6.45) is 0. The summed E-state index contributed by atoms with van der Waals surface area (Å²) >= 11 is 0. The molecule has 0 aliphatic heterocycles. The molecule has 1 amide bonds. The third kappa shape index (κ3) is 5.20. The molecule has 0 fully saturated rings. The summed E-state index contributed by atoms with van der Waals surface area (Å²) in [6.45, 7) is 0. The summed E-state index contributed by atoms with van der Waals surface area (Å²) in [4.78, 5) is 32.0. The molecular weight excluding hydrogens is 248 g/mol. The minimum absolute atomic E-state index is 0. The predicted octanol–water partition coefficient (Wildman–Crippen LogP) is -5.59. The number of rotatable bonds is 3. The summed E-state index contributed by atoms with van der Waals surface area (Å²) in [5, 5.41) is 17.3. The van der Waals surface area contributed by atoms with E-state index in [9.17, 15) is 14.4 Å². The first-order valence-corrected chi connectivity index (χ1v) is 3.83. The van der Waals surface area contributed by atoms with Gasteiger partial charge in [-0.15, -0.1) is 0 Å². The van der Waals surface area contributed by atoms with Gasteiger partial charge in [0.05, 0.1) is 11.1 Å². The fourth-order valence-electron chi connectivity index (χ4n) is 1.02. The molecule has 0 bridgehead atoms. The molecule has 82 valence electrons. The standard InChI is InChI=1S/C9H7NO5.2Na.2H/c10-7(11)4-1-5(8(12)13)3-6(2-4)9(14)15;;;;/h1-3H,(H2,10,11)(H,12,13)(H,14,15);;;;/q;2*+1;2*-1. The second-order valence-electron chi connectivity index (χ2n) is 2.77. The normalized spacial score (nSPS) is 8.47. The zero-order valence-electron chi connectivity index (χ0n) is 11.4. The van der Waals surface area contributed by atoms with E-state index < -0.39 is 17.8 Å². The van der Waals surface area contributed by atoms with E-state index in [1.165, 1.54) is 0 Å². The molecule has 0 aliphatic rings. The molecule has 0 aromatic heterocycles. The minimum atomic E-state index is -1.32. The van der Waals surface area contributed by atoms with Crippen molar-refractivity contribution in [2.24, 2.45) is 5.73 Å². The van der Waals surface area contributed by atoms with Gasteiger partial charge in [-0.25, -0.2) is 9.59 Å². The summed E-state index contributed by atoms with van der Waals surface area (Å²) < 4.78 is 0. The molecule has 6 nitrogen and oxygen atoms in total. The number of amides is 1. The van der Waals surface area contributed by atoms with Crippen LogP contribution in [-0.4, -0.2) is 28.1 Å². The first-order valence-electron chi connectivity index (χ1n) is 3.83. The van der Waals surface area contributed by atoms with Crippen LogP contribution in [0.15, 0.2) is 18.2 Å². The van der Waals surface area contributed by atoms with Crippen molar-refractivity contribution in [1.82, 2.24) is 0 Å². The summed E-state index contributed by atoms with van der Waals surface area (Å²) in [6, 6.07) is 3.01. The Kier molecular flexibility index (Phi) is 8.78. The number of nitrogens with two attached hydrogens (primary N) is 1. The van der Waals surface area contributed by atoms with Gasteiger partial charge in [0.1, 0.15) is 0 Å². The summed E-state index contributed by atoms with van der Waals surface area (Å²) in [5.74, 6) is -3.51. The molecule has 0 spiro atoms. The van der Waals surface area contributed by atoms with Gasteiger partial charge in [0, 0.05) is 5.56 Å². The minimum Gasteiger partial charge on any atom is -1.00 e. The average molecular weight is 257 g/mol. The summed E-state index contributed by atoms with van der Waals surface area (Å²) in [7, 11) is 0. The number of carbonyl (C=O) groups excluding carboxylic acids is 1. The SMILES string of the molecule is NC(=O)c1cc(C(=O)O)cc(C(=O)O)c1.[H-].[H-].[Na+].[Na+]. The van der Waals surface area contributed by atoms with Crippen molar-refractivity contribution < 1.29 is 86.6 Å². The van der Waals surface area contributed by atoms with Crippen LogP contribution in [0, 0.1) is 0 Å². The topological polar surface area (TPSA) is 118 Å². The first kappa shape index (κ1) is 19.0. The third-order valence-electron chi connectivity index (χ3n) is 1.71. The van der Waals surface area contributed by atoms with Crippen molar-refractivity contribution in [3.63, 3.8) is 0 Å². The fourth-order valence-corrected chi connectivity index (χ4v) is 1.02. The maximum absolute atomic E-state index is 10.8. The maximum atomic E-state index is 10.8. The van der Waals surface area contributed by atoms with Crippen molar-refractivity contribution >= 4 is 17.8 Å². The molecule has 17 heavy (non-hydrogen) atoms. The van der Waals surface area contributed by atoms with E-state index in [-0.39, 0.29) is 78.7 Å².